The Morgan fingerprint density at radius 3 is 2.61 bits per heavy atom. The summed E-state index contributed by atoms with van der Waals surface area (Å²) in [4.78, 5) is 16.3. The van der Waals surface area contributed by atoms with Crippen molar-refractivity contribution in [3.05, 3.63) is 29.6 Å². The van der Waals surface area contributed by atoms with Crippen LogP contribution in [0.4, 0.5) is 4.39 Å². The van der Waals surface area contributed by atoms with Crippen LogP contribution in [0.5, 0.6) is 5.75 Å². The van der Waals surface area contributed by atoms with Crippen LogP contribution in [0.1, 0.15) is 10.4 Å². The van der Waals surface area contributed by atoms with Crippen molar-refractivity contribution in [3.63, 3.8) is 0 Å². The van der Waals surface area contributed by atoms with Crippen LogP contribution < -0.4 is 0 Å². The van der Waals surface area contributed by atoms with E-state index in [4.69, 9.17) is 9.47 Å². The number of phenolic OH excluding ortho intramolecular Hbond substituents is 1. The third-order valence-corrected chi connectivity index (χ3v) is 3.84. The zero-order valence-corrected chi connectivity index (χ0v) is 13.3. The molecule has 128 valence electrons. The van der Waals surface area contributed by atoms with Crippen molar-refractivity contribution in [1.82, 2.24) is 9.80 Å². The van der Waals surface area contributed by atoms with Crippen LogP contribution in [0, 0.1) is 5.82 Å². The van der Waals surface area contributed by atoms with Crippen LogP contribution in [-0.2, 0) is 9.47 Å². The van der Waals surface area contributed by atoms with Crippen molar-refractivity contribution in [1.29, 1.82) is 0 Å². The highest BCUT2D eigenvalue weighted by atomic mass is 19.1. The minimum absolute atomic E-state index is 0.208. The van der Waals surface area contributed by atoms with Gasteiger partial charge in [0.25, 0.3) is 5.91 Å². The lowest BCUT2D eigenvalue weighted by molar-refractivity contribution is 0.0420. The normalized spacial score (nSPS) is 15.8. The zero-order valence-electron chi connectivity index (χ0n) is 13.3. The summed E-state index contributed by atoms with van der Waals surface area (Å²) in [5.74, 6) is -1.43. The third kappa shape index (κ3) is 5.16. The van der Waals surface area contributed by atoms with E-state index in [0.717, 1.165) is 25.7 Å². The maximum Gasteiger partial charge on any atom is 0.254 e. The highest BCUT2D eigenvalue weighted by molar-refractivity contribution is 5.94. The summed E-state index contributed by atoms with van der Waals surface area (Å²) in [6.45, 7) is 5.35. The maximum absolute atomic E-state index is 13.3. The standard InChI is InChI=1S/C16H23FN2O4/c1-22-10-11-23-9-8-18-4-6-19(7-5-18)16(21)13-2-3-15(20)14(17)12-13/h2-3,12,20H,4-11H2,1H3. The molecule has 0 unspecified atom stereocenters. The topological polar surface area (TPSA) is 62.2 Å². The molecule has 1 fully saturated rings. The van der Waals surface area contributed by atoms with Crippen molar-refractivity contribution >= 4 is 5.91 Å². The molecule has 0 aliphatic carbocycles. The summed E-state index contributed by atoms with van der Waals surface area (Å²) < 4.78 is 23.7. The van der Waals surface area contributed by atoms with Crippen molar-refractivity contribution in [3.8, 4) is 5.75 Å². The lowest BCUT2D eigenvalue weighted by Gasteiger charge is -2.34. The minimum Gasteiger partial charge on any atom is -0.505 e. The van der Waals surface area contributed by atoms with Crippen LogP contribution in [-0.4, -0.2) is 80.5 Å². The van der Waals surface area contributed by atoms with E-state index in [1.54, 1.807) is 12.0 Å². The molecule has 7 heteroatoms. The molecule has 1 aromatic carbocycles. The quantitative estimate of drug-likeness (QED) is 0.756. The van der Waals surface area contributed by atoms with Gasteiger partial charge in [0.2, 0.25) is 0 Å². The van der Waals surface area contributed by atoms with E-state index < -0.39 is 11.6 Å². The number of ether oxygens (including phenoxy) is 2. The Hall–Kier alpha value is -1.70. The van der Waals surface area contributed by atoms with Gasteiger partial charge in [-0.2, -0.15) is 0 Å². The average Bonchev–Trinajstić information content (AvgIpc) is 2.57. The maximum atomic E-state index is 13.3. The Kier molecular flexibility index (Phi) is 6.76. The van der Waals surface area contributed by atoms with Gasteiger partial charge in [0, 0.05) is 45.4 Å². The van der Waals surface area contributed by atoms with Gasteiger partial charge in [0.15, 0.2) is 11.6 Å². The lowest BCUT2D eigenvalue weighted by Crippen LogP contribution is -2.49. The van der Waals surface area contributed by atoms with E-state index in [0.29, 0.717) is 32.9 Å². The number of carbonyl (C=O) groups is 1. The minimum atomic E-state index is -0.775. The molecule has 0 spiro atoms. The van der Waals surface area contributed by atoms with Gasteiger partial charge >= 0.3 is 0 Å². The number of amides is 1. The Morgan fingerprint density at radius 2 is 1.96 bits per heavy atom. The molecule has 0 atom stereocenters. The SMILES string of the molecule is COCCOCCN1CCN(C(=O)c2ccc(O)c(F)c2)CC1. The molecule has 0 saturated carbocycles. The first-order chi connectivity index (χ1) is 11.1. The first-order valence-electron chi connectivity index (χ1n) is 7.68. The van der Waals surface area contributed by atoms with Crippen LogP contribution in [0.2, 0.25) is 0 Å². The number of rotatable bonds is 7. The molecule has 0 aromatic heterocycles. The summed E-state index contributed by atoms with van der Waals surface area (Å²) in [5.41, 5.74) is 0.261. The van der Waals surface area contributed by atoms with Crippen LogP contribution >= 0.6 is 0 Å². The van der Waals surface area contributed by atoms with Crippen molar-refractivity contribution in [2.75, 3.05) is 59.7 Å². The molecule has 1 N–H and O–H groups in total. The molecule has 1 amide bonds. The summed E-state index contributed by atoms with van der Waals surface area (Å²) in [5, 5.41) is 9.18. The van der Waals surface area contributed by atoms with Gasteiger partial charge in [-0.25, -0.2) is 4.39 Å². The molecular formula is C16H23FN2O4. The van der Waals surface area contributed by atoms with E-state index >= 15 is 0 Å². The van der Waals surface area contributed by atoms with Gasteiger partial charge in [0.1, 0.15) is 0 Å². The monoisotopic (exact) mass is 326 g/mol. The number of phenols is 1. The van der Waals surface area contributed by atoms with Gasteiger partial charge < -0.3 is 19.5 Å². The van der Waals surface area contributed by atoms with Crippen LogP contribution in [0.3, 0.4) is 0 Å². The molecule has 2 rings (SSSR count). The smallest absolute Gasteiger partial charge is 0.254 e. The second-order valence-electron chi connectivity index (χ2n) is 5.41. The molecule has 1 heterocycles. The molecule has 0 radical (unpaired) electrons. The molecule has 23 heavy (non-hydrogen) atoms. The first kappa shape index (κ1) is 17.7. The van der Waals surface area contributed by atoms with E-state index in [1.165, 1.54) is 12.1 Å². The van der Waals surface area contributed by atoms with Gasteiger partial charge in [-0.1, -0.05) is 0 Å². The fourth-order valence-corrected chi connectivity index (χ4v) is 2.44. The van der Waals surface area contributed by atoms with Crippen molar-refractivity contribution in [2.45, 2.75) is 0 Å². The number of benzene rings is 1. The van der Waals surface area contributed by atoms with Crippen molar-refractivity contribution < 1.29 is 23.8 Å². The highest BCUT2D eigenvalue weighted by Gasteiger charge is 2.22. The van der Waals surface area contributed by atoms with E-state index in [-0.39, 0.29) is 11.5 Å². The van der Waals surface area contributed by atoms with Crippen LogP contribution in [0.25, 0.3) is 0 Å². The predicted molar refractivity (Wildman–Crippen MR) is 83.1 cm³/mol. The Labute approximate surface area is 135 Å². The number of halogens is 1. The zero-order chi connectivity index (χ0) is 16.7. The van der Waals surface area contributed by atoms with Gasteiger partial charge in [-0.15, -0.1) is 0 Å². The van der Waals surface area contributed by atoms with Gasteiger partial charge in [0.05, 0.1) is 19.8 Å². The number of methoxy groups -OCH3 is 1. The molecule has 1 saturated heterocycles. The van der Waals surface area contributed by atoms with E-state index in [9.17, 15) is 14.3 Å². The summed E-state index contributed by atoms with van der Waals surface area (Å²) >= 11 is 0. The summed E-state index contributed by atoms with van der Waals surface area (Å²) in [6.07, 6.45) is 0. The largest absolute Gasteiger partial charge is 0.505 e. The second-order valence-corrected chi connectivity index (χ2v) is 5.41. The average molecular weight is 326 g/mol. The number of piperazine rings is 1. The molecular weight excluding hydrogens is 303 g/mol. The lowest BCUT2D eigenvalue weighted by atomic mass is 10.1. The fraction of sp³-hybridized carbons (Fsp3) is 0.562. The fourth-order valence-electron chi connectivity index (χ4n) is 2.44. The molecule has 6 nitrogen and oxygen atoms in total. The number of hydrogen-bond donors (Lipinski definition) is 1. The van der Waals surface area contributed by atoms with Gasteiger partial charge in [-0.3, -0.25) is 9.69 Å². The predicted octanol–water partition coefficient (Wildman–Crippen LogP) is 0.952. The number of nitrogens with zero attached hydrogens (tertiary/aromatic N) is 2. The van der Waals surface area contributed by atoms with Crippen molar-refractivity contribution in [2.24, 2.45) is 0 Å². The molecule has 1 aromatic rings. The molecule has 1 aliphatic heterocycles. The number of carbonyl (C=O) groups excluding carboxylic acids is 1. The van der Waals surface area contributed by atoms with Gasteiger partial charge in [-0.05, 0) is 18.2 Å². The molecule has 1 aliphatic rings. The van der Waals surface area contributed by atoms with E-state index in [1.807, 2.05) is 0 Å². The molecule has 0 bridgehead atoms. The first-order valence-corrected chi connectivity index (χ1v) is 7.68. The summed E-state index contributed by atoms with van der Waals surface area (Å²) in [7, 11) is 1.64. The second kappa shape index (κ2) is 8.81. The Balaban J connectivity index is 1.75. The summed E-state index contributed by atoms with van der Waals surface area (Å²) in [6, 6.07) is 3.72. The van der Waals surface area contributed by atoms with E-state index in [2.05, 4.69) is 4.90 Å². The number of aromatic hydroxyl groups is 1. The Morgan fingerprint density at radius 1 is 1.22 bits per heavy atom. The third-order valence-electron chi connectivity index (χ3n) is 3.84. The highest BCUT2D eigenvalue weighted by Crippen LogP contribution is 2.18. The Bertz CT molecular complexity index is 519. The number of hydrogen-bond acceptors (Lipinski definition) is 5. The van der Waals surface area contributed by atoms with Crippen LogP contribution in [0.15, 0.2) is 18.2 Å².